The van der Waals surface area contributed by atoms with Crippen molar-refractivity contribution in [2.24, 2.45) is 11.7 Å². The van der Waals surface area contributed by atoms with Gasteiger partial charge < -0.3 is 5.73 Å². The lowest BCUT2D eigenvalue weighted by Crippen LogP contribution is -2.37. The summed E-state index contributed by atoms with van der Waals surface area (Å²) in [5.74, 6) is 0.740. The molecule has 1 aromatic rings. The van der Waals surface area contributed by atoms with Crippen LogP contribution in [0.3, 0.4) is 0 Å². The summed E-state index contributed by atoms with van der Waals surface area (Å²) >= 11 is 12.1. The predicted molar refractivity (Wildman–Crippen MR) is 90.1 cm³/mol. The molecular formula is C15H23Cl3N2. The molecule has 1 aliphatic heterocycles. The zero-order chi connectivity index (χ0) is 13.8. The molecular weight excluding hydrogens is 315 g/mol. The van der Waals surface area contributed by atoms with E-state index in [2.05, 4.69) is 17.9 Å². The molecule has 114 valence electrons. The third-order valence-corrected chi connectivity index (χ3v) is 4.84. The molecule has 2 N–H and O–H groups in total. The lowest BCUT2D eigenvalue weighted by molar-refractivity contribution is 0.128. The summed E-state index contributed by atoms with van der Waals surface area (Å²) in [5, 5.41) is 1.26. The number of benzene rings is 1. The minimum atomic E-state index is 0. The lowest BCUT2D eigenvalue weighted by atomic mass is 9.93. The van der Waals surface area contributed by atoms with Gasteiger partial charge in [-0.1, -0.05) is 29.3 Å². The van der Waals surface area contributed by atoms with Crippen molar-refractivity contribution in [3.05, 3.63) is 33.8 Å². The van der Waals surface area contributed by atoms with Crippen molar-refractivity contribution in [2.75, 3.05) is 19.6 Å². The first-order chi connectivity index (χ1) is 9.11. The molecule has 0 spiro atoms. The van der Waals surface area contributed by atoms with Crippen molar-refractivity contribution in [3.8, 4) is 0 Å². The lowest BCUT2D eigenvalue weighted by Gasteiger charge is -2.37. The highest BCUT2D eigenvalue weighted by atomic mass is 35.5. The van der Waals surface area contributed by atoms with E-state index in [9.17, 15) is 0 Å². The number of nitrogens with two attached hydrogens (primary N) is 1. The van der Waals surface area contributed by atoms with Gasteiger partial charge in [0.25, 0.3) is 0 Å². The third kappa shape index (κ3) is 4.51. The van der Waals surface area contributed by atoms with Crippen LogP contribution in [0.15, 0.2) is 18.2 Å². The smallest absolute Gasteiger partial charge is 0.0595 e. The first-order valence-corrected chi connectivity index (χ1v) is 7.76. The van der Waals surface area contributed by atoms with E-state index < -0.39 is 0 Å². The molecule has 20 heavy (non-hydrogen) atoms. The number of hydrogen-bond acceptors (Lipinski definition) is 2. The van der Waals surface area contributed by atoms with Gasteiger partial charge in [0.15, 0.2) is 0 Å². The van der Waals surface area contributed by atoms with Crippen molar-refractivity contribution < 1.29 is 0 Å². The summed E-state index contributed by atoms with van der Waals surface area (Å²) in [6.45, 7) is 5.32. The Bertz CT molecular complexity index is 424. The van der Waals surface area contributed by atoms with E-state index in [1.807, 2.05) is 12.1 Å². The maximum Gasteiger partial charge on any atom is 0.0595 e. The van der Waals surface area contributed by atoms with Crippen LogP contribution in [0.5, 0.6) is 0 Å². The predicted octanol–water partition coefficient (Wildman–Crippen LogP) is 4.54. The molecule has 0 radical (unpaired) electrons. The summed E-state index contributed by atoms with van der Waals surface area (Å²) in [4.78, 5) is 2.53. The summed E-state index contributed by atoms with van der Waals surface area (Å²) in [6, 6.07) is 6.33. The molecule has 0 bridgehead atoms. The first-order valence-electron chi connectivity index (χ1n) is 7.01. The first kappa shape index (κ1) is 18.1. The van der Waals surface area contributed by atoms with E-state index in [0.717, 1.165) is 32.0 Å². The van der Waals surface area contributed by atoms with Gasteiger partial charge in [-0.2, -0.15) is 0 Å². The Morgan fingerprint density at radius 2 is 2.10 bits per heavy atom. The van der Waals surface area contributed by atoms with Crippen LogP contribution in [0, 0.1) is 5.92 Å². The number of nitrogens with zero attached hydrogens (tertiary/aromatic N) is 1. The van der Waals surface area contributed by atoms with E-state index in [4.69, 9.17) is 28.9 Å². The van der Waals surface area contributed by atoms with Gasteiger partial charge in [-0.15, -0.1) is 12.4 Å². The number of halogens is 3. The fourth-order valence-corrected chi connectivity index (χ4v) is 3.21. The van der Waals surface area contributed by atoms with Gasteiger partial charge in [0.05, 0.1) is 10.0 Å². The van der Waals surface area contributed by atoms with Crippen molar-refractivity contribution >= 4 is 35.6 Å². The molecule has 2 rings (SSSR count). The molecule has 2 unspecified atom stereocenters. The van der Waals surface area contributed by atoms with Crippen LogP contribution in [0.1, 0.15) is 37.8 Å². The summed E-state index contributed by atoms with van der Waals surface area (Å²) in [6.07, 6.45) is 3.70. The van der Waals surface area contributed by atoms with Gasteiger partial charge >= 0.3 is 0 Å². The van der Waals surface area contributed by atoms with Gasteiger partial charge in [0, 0.05) is 12.6 Å². The molecule has 1 aliphatic rings. The standard InChI is InChI=1S/C15H22Cl2N2.ClH/c1-11(13-4-5-14(16)15(17)9-13)19-8-2-3-12(10-19)6-7-18;/h4-5,9,11-12H,2-3,6-8,10,18H2,1H3;1H. The molecule has 1 fully saturated rings. The second kappa shape index (κ2) is 8.45. The van der Waals surface area contributed by atoms with Crippen LogP contribution >= 0.6 is 35.6 Å². The van der Waals surface area contributed by atoms with Gasteiger partial charge in [-0.3, -0.25) is 4.90 Å². The Morgan fingerprint density at radius 3 is 2.75 bits per heavy atom. The zero-order valence-corrected chi connectivity index (χ0v) is 14.1. The fraction of sp³-hybridized carbons (Fsp3) is 0.600. The third-order valence-electron chi connectivity index (χ3n) is 4.10. The van der Waals surface area contributed by atoms with E-state index in [1.54, 1.807) is 0 Å². The highest BCUT2D eigenvalue weighted by Gasteiger charge is 2.24. The second-order valence-corrected chi connectivity index (χ2v) is 6.24. The fourth-order valence-electron chi connectivity index (χ4n) is 2.90. The highest BCUT2D eigenvalue weighted by molar-refractivity contribution is 6.42. The van der Waals surface area contributed by atoms with E-state index in [-0.39, 0.29) is 12.4 Å². The maximum absolute atomic E-state index is 6.11. The number of piperidine rings is 1. The number of likely N-dealkylation sites (tertiary alicyclic amines) is 1. The Hall–Kier alpha value is 0.01000. The van der Waals surface area contributed by atoms with E-state index in [1.165, 1.54) is 18.4 Å². The monoisotopic (exact) mass is 336 g/mol. The van der Waals surface area contributed by atoms with Crippen LogP contribution < -0.4 is 5.73 Å². The summed E-state index contributed by atoms with van der Waals surface area (Å²) in [7, 11) is 0. The summed E-state index contributed by atoms with van der Waals surface area (Å²) < 4.78 is 0. The Kier molecular flexibility index (Phi) is 7.63. The molecule has 0 aromatic heterocycles. The summed E-state index contributed by atoms with van der Waals surface area (Å²) in [5.41, 5.74) is 6.92. The van der Waals surface area contributed by atoms with Crippen molar-refractivity contribution in [3.63, 3.8) is 0 Å². The van der Waals surface area contributed by atoms with Crippen molar-refractivity contribution in [1.29, 1.82) is 0 Å². The average molecular weight is 338 g/mol. The highest BCUT2D eigenvalue weighted by Crippen LogP contribution is 2.31. The van der Waals surface area contributed by atoms with Gasteiger partial charge in [0.2, 0.25) is 0 Å². The normalized spacial score (nSPS) is 21.3. The van der Waals surface area contributed by atoms with Gasteiger partial charge in [-0.25, -0.2) is 0 Å². The van der Waals surface area contributed by atoms with Crippen molar-refractivity contribution in [1.82, 2.24) is 4.90 Å². The van der Waals surface area contributed by atoms with E-state index >= 15 is 0 Å². The topological polar surface area (TPSA) is 29.3 Å². The molecule has 0 saturated carbocycles. The van der Waals surface area contributed by atoms with Crippen LogP contribution in [-0.4, -0.2) is 24.5 Å². The van der Waals surface area contributed by atoms with E-state index in [0.29, 0.717) is 16.1 Å². The Labute approximate surface area is 138 Å². The zero-order valence-electron chi connectivity index (χ0n) is 11.8. The number of hydrogen-bond donors (Lipinski definition) is 1. The SMILES string of the molecule is CC(c1ccc(Cl)c(Cl)c1)N1CCCC(CCN)C1.Cl. The molecule has 2 atom stereocenters. The molecule has 1 aromatic carbocycles. The molecule has 0 aliphatic carbocycles. The van der Waals surface area contributed by atoms with Crippen LogP contribution in [0.25, 0.3) is 0 Å². The molecule has 1 heterocycles. The Balaban J connectivity index is 0.00000200. The molecule has 1 saturated heterocycles. The molecule has 0 amide bonds. The Morgan fingerprint density at radius 1 is 1.35 bits per heavy atom. The van der Waals surface area contributed by atoms with Crippen LogP contribution in [0.2, 0.25) is 10.0 Å². The minimum Gasteiger partial charge on any atom is -0.330 e. The largest absolute Gasteiger partial charge is 0.330 e. The molecule has 2 nitrogen and oxygen atoms in total. The second-order valence-electron chi connectivity index (χ2n) is 5.43. The minimum absolute atomic E-state index is 0. The number of rotatable bonds is 4. The van der Waals surface area contributed by atoms with Gasteiger partial charge in [-0.05, 0) is 62.9 Å². The van der Waals surface area contributed by atoms with Gasteiger partial charge in [0.1, 0.15) is 0 Å². The maximum atomic E-state index is 6.11. The van der Waals surface area contributed by atoms with Crippen LogP contribution in [-0.2, 0) is 0 Å². The van der Waals surface area contributed by atoms with Crippen molar-refractivity contribution in [2.45, 2.75) is 32.2 Å². The molecule has 5 heteroatoms. The van der Waals surface area contributed by atoms with Crippen LogP contribution in [0.4, 0.5) is 0 Å². The average Bonchev–Trinajstić information content (AvgIpc) is 2.42. The quantitative estimate of drug-likeness (QED) is 0.874.